The average Bonchev–Trinajstić information content (AvgIpc) is 3.09. The smallest absolute Gasteiger partial charge is 0.0450 e. The highest BCUT2D eigenvalue weighted by Gasteiger charge is 2.39. The van der Waals surface area contributed by atoms with Crippen LogP contribution in [0.2, 0.25) is 0 Å². The Bertz CT molecular complexity index is 1100. The van der Waals surface area contributed by atoms with Crippen molar-refractivity contribution in [1.29, 1.82) is 0 Å². The van der Waals surface area contributed by atoms with Crippen molar-refractivity contribution in [3.63, 3.8) is 0 Å². The fourth-order valence-electron chi connectivity index (χ4n) is 5.85. The number of rotatable bonds is 10. The molecule has 0 radical (unpaired) electrons. The Hall–Kier alpha value is -2.80. The zero-order valence-electron chi connectivity index (χ0n) is 22.2. The molecule has 35 heavy (non-hydrogen) atoms. The second-order valence-electron chi connectivity index (χ2n) is 10.7. The molecule has 0 bridgehead atoms. The zero-order valence-corrected chi connectivity index (χ0v) is 22.2. The van der Waals surface area contributed by atoms with Crippen molar-refractivity contribution in [3.8, 4) is 0 Å². The summed E-state index contributed by atoms with van der Waals surface area (Å²) in [6.45, 7) is 12.3. The van der Waals surface area contributed by atoms with Crippen LogP contribution >= 0.6 is 0 Å². The van der Waals surface area contributed by atoms with Gasteiger partial charge in [0, 0.05) is 23.3 Å². The van der Waals surface area contributed by atoms with E-state index in [0.717, 1.165) is 25.8 Å². The molecule has 2 aromatic rings. The lowest BCUT2D eigenvalue weighted by Gasteiger charge is -2.28. The van der Waals surface area contributed by atoms with Crippen molar-refractivity contribution in [2.24, 2.45) is 0 Å². The van der Waals surface area contributed by atoms with E-state index < -0.39 is 0 Å². The molecule has 0 N–H and O–H groups in total. The Morgan fingerprint density at radius 1 is 0.886 bits per heavy atom. The number of fused-ring (bicyclic) bond motifs is 1. The molecule has 0 aromatic heterocycles. The van der Waals surface area contributed by atoms with Crippen LogP contribution in [-0.4, -0.2) is 6.54 Å². The predicted molar refractivity (Wildman–Crippen MR) is 153 cm³/mol. The van der Waals surface area contributed by atoms with E-state index in [0.29, 0.717) is 0 Å². The molecule has 1 heterocycles. The number of allylic oxidation sites excluding steroid dienone is 7. The van der Waals surface area contributed by atoms with Crippen LogP contribution < -0.4 is 4.90 Å². The summed E-state index contributed by atoms with van der Waals surface area (Å²) in [6.07, 6.45) is 18.0. The van der Waals surface area contributed by atoms with E-state index >= 15 is 0 Å². The lowest BCUT2D eigenvalue weighted by atomic mass is 9.82. The van der Waals surface area contributed by atoms with E-state index in [1.165, 1.54) is 77.8 Å². The molecule has 0 spiro atoms. The minimum atomic E-state index is 0.0102. The molecule has 1 aliphatic carbocycles. The minimum absolute atomic E-state index is 0.0102. The Kier molecular flexibility index (Phi) is 8.50. The Balaban J connectivity index is 1.66. The molecule has 4 rings (SSSR count). The fraction of sp³-hybridized carbons (Fsp3) is 0.412. The first-order chi connectivity index (χ1) is 17.1. The number of anilines is 1. The van der Waals surface area contributed by atoms with Crippen LogP contribution in [-0.2, 0) is 11.8 Å². The van der Waals surface area contributed by atoms with Gasteiger partial charge in [-0.05, 0) is 72.1 Å². The topological polar surface area (TPSA) is 3.24 Å². The Morgan fingerprint density at radius 3 is 2.40 bits per heavy atom. The molecule has 0 fully saturated rings. The monoisotopic (exact) mass is 465 g/mol. The molecule has 184 valence electrons. The third kappa shape index (κ3) is 5.72. The fourth-order valence-corrected chi connectivity index (χ4v) is 5.85. The van der Waals surface area contributed by atoms with Crippen molar-refractivity contribution >= 4 is 5.69 Å². The summed E-state index contributed by atoms with van der Waals surface area (Å²) in [5.74, 6) is 0. The maximum atomic E-state index is 4.16. The van der Waals surface area contributed by atoms with Crippen molar-refractivity contribution < 1.29 is 0 Å². The lowest BCUT2D eigenvalue weighted by molar-refractivity contribution is 0.602. The van der Waals surface area contributed by atoms with Gasteiger partial charge in [0.2, 0.25) is 0 Å². The number of hydrogen-bond donors (Lipinski definition) is 0. The van der Waals surface area contributed by atoms with Crippen LogP contribution in [0.1, 0.15) is 83.3 Å². The van der Waals surface area contributed by atoms with Crippen LogP contribution in [0, 0.1) is 0 Å². The highest BCUT2D eigenvalue weighted by molar-refractivity contribution is 5.70. The molecule has 0 amide bonds. The number of benzene rings is 2. The zero-order chi connectivity index (χ0) is 24.7. The summed E-state index contributed by atoms with van der Waals surface area (Å²) in [6, 6.07) is 19.9. The quantitative estimate of drug-likeness (QED) is 0.316. The first kappa shape index (κ1) is 25.3. The summed E-state index contributed by atoms with van der Waals surface area (Å²) in [5.41, 5.74) is 10.1. The highest BCUT2D eigenvalue weighted by Crippen LogP contribution is 2.48. The van der Waals surface area contributed by atoms with Gasteiger partial charge in [0.25, 0.3) is 0 Å². The number of hydrogen-bond acceptors (Lipinski definition) is 1. The highest BCUT2D eigenvalue weighted by atomic mass is 15.2. The third-order valence-electron chi connectivity index (χ3n) is 7.86. The summed E-state index contributed by atoms with van der Waals surface area (Å²) in [4.78, 5) is 2.61. The van der Waals surface area contributed by atoms with Gasteiger partial charge in [-0.2, -0.15) is 0 Å². The molecular weight excluding hydrogens is 422 g/mol. The molecule has 2 aliphatic rings. The Labute approximate surface area is 214 Å². The maximum Gasteiger partial charge on any atom is 0.0450 e. The van der Waals surface area contributed by atoms with Gasteiger partial charge < -0.3 is 4.90 Å². The van der Waals surface area contributed by atoms with Crippen LogP contribution in [0.15, 0.2) is 102 Å². The first-order valence-electron chi connectivity index (χ1n) is 13.7. The molecule has 0 saturated heterocycles. The van der Waals surface area contributed by atoms with Crippen molar-refractivity contribution in [2.45, 2.75) is 84.0 Å². The van der Waals surface area contributed by atoms with Gasteiger partial charge >= 0.3 is 0 Å². The van der Waals surface area contributed by atoms with Crippen molar-refractivity contribution in [2.75, 3.05) is 11.4 Å². The maximum absolute atomic E-state index is 4.16. The Morgan fingerprint density at radius 2 is 1.63 bits per heavy atom. The first-order valence-corrected chi connectivity index (χ1v) is 13.7. The number of para-hydroxylation sites is 1. The van der Waals surface area contributed by atoms with E-state index in [1.54, 1.807) is 0 Å². The summed E-state index contributed by atoms with van der Waals surface area (Å²) in [5, 5.41) is 0. The minimum Gasteiger partial charge on any atom is -0.344 e. The van der Waals surface area contributed by atoms with E-state index in [4.69, 9.17) is 0 Å². The molecule has 0 saturated carbocycles. The lowest BCUT2D eigenvalue weighted by Crippen LogP contribution is -2.27. The molecule has 0 unspecified atom stereocenters. The number of nitrogens with zero attached hydrogens (tertiary/aromatic N) is 1. The van der Waals surface area contributed by atoms with E-state index in [2.05, 4.69) is 105 Å². The van der Waals surface area contributed by atoms with Gasteiger partial charge in [-0.1, -0.05) is 114 Å². The van der Waals surface area contributed by atoms with Crippen LogP contribution in [0.5, 0.6) is 0 Å². The van der Waals surface area contributed by atoms with Crippen LogP contribution in [0.25, 0.3) is 0 Å². The largest absolute Gasteiger partial charge is 0.344 e. The summed E-state index contributed by atoms with van der Waals surface area (Å²) < 4.78 is 0. The SMILES string of the molecule is C=CC1=C(Cc2ccccc2)/C(=C\C=C2\N(CCCCCCC)c3ccccc3C2(C)C)CCC1. The molecule has 2 aromatic carbocycles. The third-order valence-corrected chi connectivity index (χ3v) is 7.86. The second-order valence-corrected chi connectivity index (χ2v) is 10.7. The van der Waals surface area contributed by atoms with Gasteiger partial charge in [0.15, 0.2) is 0 Å². The molecule has 1 heteroatoms. The van der Waals surface area contributed by atoms with Gasteiger partial charge in [0.05, 0.1) is 0 Å². The van der Waals surface area contributed by atoms with Gasteiger partial charge in [-0.15, -0.1) is 0 Å². The number of unbranched alkanes of at least 4 members (excludes halogenated alkanes) is 4. The molecule has 1 aliphatic heterocycles. The van der Waals surface area contributed by atoms with Crippen LogP contribution in [0.3, 0.4) is 0 Å². The average molecular weight is 466 g/mol. The second kappa shape index (κ2) is 11.8. The van der Waals surface area contributed by atoms with E-state index in [1.807, 2.05) is 0 Å². The molecular formula is C34H43N. The standard InChI is InChI=1S/C34H43N/c1-5-7-8-9-15-25-35-32-22-14-13-21-31(32)34(3,4)33(35)24-23-29-20-16-19-28(6-2)30(29)26-27-17-11-10-12-18-27/h6,10-14,17-18,21-24H,2,5,7-9,15-16,19-20,25-26H2,1,3-4H3/b29-23-,33-24+. The van der Waals surface area contributed by atoms with E-state index in [9.17, 15) is 0 Å². The molecule has 1 nitrogen and oxygen atoms in total. The van der Waals surface area contributed by atoms with Crippen LogP contribution in [0.4, 0.5) is 5.69 Å². The normalized spacial score (nSPS) is 19.5. The van der Waals surface area contributed by atoms with Crippen molar-refractivity contribution in [3.05, 3.63) is 113 Å². The summed E-state index contributed by atoms with van der Waals surface area (Å²) >= 11 is 0. The molecule has 0 atom stereocenters. The van der Waals surface area contributed by atoms with Gasteiger partial charge in [-0.3, -0.25) is 0 Å². The van der Waals surface area contributed by atoms with Gasteiger partial charge in [-0.25, -0.2) is 0 Å². The van der Waals surface area contributed by atoms with Gasteiger partial charge in [0.1, 0.15) is 0 Å². The summed E-state index contributed by atoms with van der Waals surface area (Å²) in [7, 11) is 0. The van der Waals surface area contributed by atoms with E-state index in [-0.39, 0.29) is 5.41 Å². The van der Waals surface area contributed by atoms with Crippen molar-refractivity contribution in [1.82, 2.24) is 0 Å². The predicted octanol–water partition coefficient (Wildman–Crippen LogP) is 9.47.